The van der Waals surface area contributed by atoms with Gasteiger partial charge in [0, 0.05) is 11.1 Å². The number of methoxy groups -OCH3 is 1. The molecule has 2 N–H and O–H groups in total. The Morgan fingerprint density at radius 3 is 2.46 bits per heavy atom. The largest absolute Gasteiger partial charge is 0.497 e. The molecule has 0 aliphatic carbocycles. The maximum Gasteiger partial charge on any atom is 0.289 e. The molecule has 1 heterocycles. The number of nitrogens with one attached hydrogen (secondary N) is 2. The van der Waals surface area contributed by atoms with Crippen LogP contribution in [0.25, 0.3) is 11.3 Å². The van der Waals surface area contributed by atoms with Crippen molar-refractivity contribution in [2.75, 3.05) is 13.7 Å². The molecule has 2 aromatic carbocycles. The first-order valence-corrected chi connectivity index (χ1v) is 8.88. The van der Waals surface area contributed by atoms with Crippen LogP contribution < -0.4 is 14.9 Å². The van der Waals surface area contributed by atoms with Crippen LogP contribution in [0.15, 0.2) is 53.6 Å². The third kappa shape index (κ3) is 4.37. The number of carbonyl (C=O) groups is 1. The molecule has 0 aliphatic heterocycles. The Morgan fingerprint density at radius 2 is 1.82 bits per heavy atom. The van der Waals surface area contributed by atoms with Crippen LogP contribution in [-0.2, 0) is 0 Å². The highest BCUT2D eigenvalue weighted by Gasteiger charge is 2.16. The van der Waals surface area contributed by atoms with Crippen molar-refractivity contribution in [3.05, 3.63) is 65.4 Å². The van der Waals surface area contributed by atoms with Crippen LogP contribution in [0.3, 0.4) is 0 Å². The summed E-state index contributed by atoms with van der Waals surface area (Å²) in [4.78, 5) is 12.4. The summed E-state index contributed by atoms with van der Waals surface area (Å²) in [5.41, 5.74) is 6.10. The third-order valence-electron chi connectivity index (χ3n) is 4.17. The van der Waals surface area contributed by atoms with Crippen LogP contribution in [0.4, 0.5) is 0 Å². The first kappa shape index (κ1) is 19.2. The zero-order valence-electron chi connectivity index (χ0n) is 16.0. The Kier molecular flexibility index (Phi) is 6.06. The summed E-state index contributed by atoms with van der Waals surface area (Å²) in [5, 5.41) is 11.1. The van der Waals surface area contributed by atoms with E-state index in [4.69, 9.17) is 9.47 Å². The average Bonchev–Trinajstić information content (AvgIpc) is 3.11. The predicted molar refractivity (Wildman–Crippen MR) is 108 cm³/mol. The Labute approximate surface area is 163 Å². The molecular weight excluding hydrogens is 356 g/mol. The summed E-state index contributed by atoms with van der Waals surface area (Å²) in [7, 11) is 1.61. The summed E-state index contributed by atoms with van der Waals surface area (Å²) >= 11 is 0. The Hall–Kier alpha value is -3.61. The molecule has 28 heavy (non-hydrogen) atoms. The zero-order valence-corrected chi connectivity index (χ0v) is 16.0. The molecule has 0 atom stereocenters. The van der Waals surface area contributed by atoms with E-state index < -0.39 is 0 Å². The topological polar surface area (TPSA) is 88.6 Å². The van der Waals surface area contributed by atoms with Crippen molar-refractivity contribution in [3.63, 3.8) is 0 Å². The number of aromatic nitrogens is 2. The summed E-state index contributed by atoms with van der Waals surface area (Å²) in [6.45, 7) is 4.40. The lowest BCUT2D eigenvalue weighted by molar-refractivity contribution is 0.0949. The van der Waals surface area contributed by atoms with Crippen molar-refractivity contribution in [1.29, 1.82) is 0 Å². The van der Waals surface area contributed by atoms with Gasteiger partial charge in [-0.15, -0.1) is 0 Å². The van der Waals surface area contributed by atoms with Gasteiger partial charge in [0.15, 0.2) is 0 Å². The Bertz CT molecular complexity index is 960. The fourth-order valence-corrected chi connectivity index (χ4v) is 2.69. The second kappa shape index (κ2) is 8.85. The molecule has 144 valence electrons. The van der Waals surface area contributed by atoms with Crippen LogP contribution in [0.5, 0.6) is 11.5 Å². The molecule has 7 heteroatoms. The number of amides is 1. The van der Waals surface area contributed by atoms with Crippen LogP contribution >= 0.6 is 0 Å². The molecule has 0 unspecified atom stereocenters. The highest BCUT2D eigenvalue weighted by Crippen LogP contribution is 2.25. The normalized spacial score (nSPS) is 10.8. The lowest BCUT2D eigenvalue weighted by Crippen LogP contribution is -2.19. The maximum absolute atomic E-state index is 12.4. The minimum Gasteiger partial charge on any atom is -0.497 e. The van der Waals surface area contributed by atoms with Gasteiger partial charge >= 0.3 is 0 Å². The first-order valence-electron chi connectivity index (χ1n) is 8.88. The molecule has 0 radical (unpaired) electrons. The van der Waals surface area contributed by atoms with Gasteiger partial charge < -0.3 is 9.47 Å². The molecular formula is C21H22N4O3. The number of ether oxygens (including phenoxy) is 2. The number of benzene rings is 2. The van der Waals surface area contributed by atoms with E-state index in [2.05, 4.69) is 20.7 Å². The van der Waals surface area contributed by atoms with Gasteiger partial charge in [0.2, 0.25) is 0 Å². The second-order valence-electron chi connectivity index (χ2n) is 6.00. The summed E-state index contributed by atoms with van der Waals surface area (Å²) in [5.74, 6) is 1.20. The average molecular weight is 378 g/mol. The molecule has 0 saturated carbocycles. The highest BCUT2D eigenvalue weighted by atomic mass is 16.5. The van der Waals surface area contributed by atoms with E-state index in [-0.39, 0.29) is 5.91 Å². The molecule has 1 amide bonds. The quantitative estimate of drug-likeness (QED) is 0.486. The van der Waals surface area contributed by atoms with E-state index in [1.165, 1.54) is 0 Å². The number of hydrazone groups is 1. The van der Waals surface area contributed by atoms with Gasteiger partial charge in [0.25, 0.3) is 5.91 Å². The smallest absolute Gasteiger partial charge is 0.289 e. The van der Waals surface area contributed by atoms with Crippen molar-refractivity contribution < 1.29 is 14.3 Å². The SMILES string of the molecule is CCOc1ccc(-c2n[nH]c(C(=O)N/N=C/c3ccc(OC)cc3)c2C)cc1. The van der Waals surface area contributed by atoms with Gasteiger partial charge in [-0.3, -0.25) is 9.89 Å². The minimum atomic E-state index is -0.355. The summed E-state index contributed by atoms with van der Waals surface area (Å²) in [6, 6.07) is 14.9. The molecule has 3 rings (SSSR count). The van der Waals surface area contributed by atoms with E-state index >= 15 is 0 Å². The number of H-pyrrole nitrogens is 1. The van der Waals surface area contributed by atoms with Gasteiger partial charge in [-0.2, -0.15) is 10.2 Å². The zero-order chi connectivity index (χ0) is 19.9. The number of hydrogen-bond acceptors (Lipinski definition) is 5. The van der Waals surface area contributed by atoms with Gasteiger partial charge in [-0.05, 0) is 67.9 Å². The van der Waals surface area contributed by atoms with E-state index in [9.17, 15) is 4.79 Å². The first-order chi connectivity index (χ1) is 13.6. The van der Waals surface area contributed by atoms with Gasteiger partial charge in [0.05, 0.1) is 25.6 Å². The summed E-state index contributed by atoms with van der Waals surface area (Å²) in [6.07, 6.45) is 1.57. The third-order valence-corrected chi connectivity index (χ3v) is 4.17. The van der Waals surface area contributed by atoms with Gasteiger partial charge in [-0.1, -0.05) is 0 Å². The van der Waals surface area contributed by atoms with Crippen molar-refractivity contribution in [3.8, 4) is 22.8 Å². The number of hydrogen-bond donors (Lipinski definition) is 2. The number of carbonyl (C=O) groups excluding carboxylic acids is 1. The van der Waals surface area contributed by atoms with E-state index in [1.54, 1.807) is 13.3 Å². The molecule has 0 spiro atoms. The van der Waals surface area contributed by atoms with E-state index in [0.717, 1.165) is 28.2 Å². The van der Waals surface area contributed by atoms with Crippen molar-refractivity contribution in [2.45, 2.75) is 13.8 Å². The molecule has 1 aromatic heterocycles. The minimum absolute atomic E-state index is 0.355. The van der Waals surface area contributed by atoms with Crippen molar-refractivity contribution in [2.24, 2.45) is 5.10 Å². The Morgan fingerprint density at radius 1 is 1.14 bits per heavy atom. The lowest BCUT2D eigenvalue weighted by atomic mass is 10.1. The van der Waals surface area contributed by atoms with Crippen LogP contribution in [0.2, 0.25) is 0 Å². The fraction of sp³-hybridized carbons (Fsp3) is 0.190. The molecule has 3 aromatic rings. The highest BCUT2D eigenvalue weighted by molar-refractivity contribution is 5.96. The maximum atomic E-state index is 12.4. The summed E-state index contributed by atoms with van der Waals surface area (Å²) < 4.78 is 10.6. The second-order valence-corrected chi connectivity index (χ2v) is 6.00. The monoisotopic (exact) mass is 378 g/mol. The van der Waals surface area contributed by atoms with E-state index in [1.807, 2.05) is 62.4 Å². The standard InChI is InChI=1S/C21H22N4O3/c1-4-28-18-11-7-16(8-12-18)19-14(2)20(24-23-19)21(26)25-22-13-15-5-9-17(27-3)10-6-15/h5-13H,4H2,1-3H3,(H,23,24)(H,25,26)/b22-13+. The lowest BCUT2D eigenvalue weighted by Gasteiger charge is -2.04. The van der Waals surface area contributed by atoms with E-state index in [0.29, 0.717) is 18.0 Å². The number of rotatable bonds is 7. The van der Waals surface area contributed by atoms with Gasteiger partial charge in [-0.25, -0.2) is 5.43 Å². The van der Waals surface area contributed by atoms with Crippen LogP contribution in [0, 0.1) is 6.92 Å². The molecule has 0 bridgehead atoms. The van der Waals surface area contributed by atoms with Crippen molar-refractivity contribution in [1.82, 2.24) is 15.6 Å². The Balaban J connectivity index is 1.68. The molecule has 7 nitrogen and oxygen atoms in total. The fourth-order valence-electron chi connectivity index (χ4n) is 2.69. The molecule has 0 fully saturated rings. The predicted octanol–water partition coefficient (Wildman–Crippen LogP) is 3.56. The number of nitrogens with zero attached hydrogens (tertiary/aromatic N) is 2. The van der Waals surface area contributed by atoms with Crippen LogP contribution in [0.1, 0.15) is 28.5 Å². The van der Waals surface area contributed by atoms with Crippen molar-refractivity contribution >= 4 is 12.1 Å². The van der Waals surface area contributed by atoms with Gasteiger partial charge in [0.1, 0.15) is 17.2 Å². The van der Waals surface area contributed by atoms with Crippen LogP contribution in [-0.4, -0.2) is 36.0 Å². The molecule has 0 saturated heterocycles. The molecule has 0 aliphatic rings. The number of aromatic amines is 1.